The summed E-state index contributed by atoms with van der Waals surface area (Å²) in [6.45, 7) is 10.0. The number of hydrogen-bond acceptors (Lipinski definition) is 3. The highest BCUT2D eigenvalue weighted by Crippen LogP contribution is 2.27. The third kappa shape index (κ3) is 4.75. The summed E-state index contributed by atoms with van der Waals surface area (Å²) in [7, 11) is 0. The molecule has 6 heteroatoms. The molecule has 0 aromatic heterocycles. The van der Waals surface area contributed by atoms with E-state index in [1.807, 2.05) is 32.9 Å². The summed E-state index contributed by atoms with van der Waals surface area (Å²) in [5, 5.41) is 0. The predicted molar refractivity (Wildman–Crippen MR) is 114 cm³/mol. The van der Waals surface area contributed by atoms with Crippen LogP contribution in [0.3, 0.4) is 0 Å². The average Bonchev–Trinajstić information content (AvgIpc) is 2.67. The minimum absolute atomic E-state index is 0.0383. The molecule has 5 nitrogen and oxygen atoms in total. The maximum atomic E-state index is 13.1. The van der Waals surface area contributed by atoms with Gasteiger partial charge in [-0.1, -0.05) is 17.7 Å². The summed E-state index contributed by atoms with van der Waals surface area (Å²) in [5.41, 5.74) is 4.89. The molecule has 1 aliphatic heterocycles. The molecule has 1 fully saturated rings. The third-order valence-corrected chi connectivity index (χ3v) is 5.40. The Balaban J connectivity index is 1.67. The highest BCUT2D eigenvalue weighted by Gasteiger charge is 2.26. The van der Waals surface area contributed by atoms with Crippen molar-refractivity contribution in [1.29, 1.82) is 0 Å². The third-order valence-electron chi connectivity index (χ3n) is 5.40. The number of piperazine rings is 1. The van der Waals surface area contributed by atoms with Crippen LogP contribution in [0.2, 0.25) is 0 Å². The van der Waals surface area contributed by atoms with E-state index in [9.17, 15) is 14.0 Å². The van der Waals surface area contributed by atoms with E-state index in [4.69, 9.17) is 0 Å². The fraction of sp³-hybridized carbons (Fsp3) is 0.391. The molecule has 0 bridgehead atoms. The van der Waals surface area contributed by atoms with Crippen molar-refractivity contribution in [3.05, 3.63) is 58.9 Å². The Bertz CT molecular complexity index is 880. The molecular formula is C23H28FN3O2. The molecule has 1 aliphatic rings. The largest absolute Gasteiger partial charge is 0.368 e. The maximum Gasteiger partial charge on any atom is 0.242 e. The Morgan fingerprint density at radius 1 is 0.966 bits per heavy atom. The van der Waals surface area contributed by atoms with E-state index in [2.05, 4.69) is 4.90 Å². The van der Waals surface area contributed by atoms with Crippen molar-refractivity contribution in [3.63, 3.8) is 0 Å². The number of halogens is 1. The fourth-order valence-corrected chi connectivity index (χ4v) is 4.05. The van der Waals surface area contributed by atoms with E-state index in [1.165, 1.54) is 19.1 Å². The first kappa shape index (κ1) is 20.8. The Labute approximate surface area is 171 Å². The Morgan fingerprint density at radius 2 is 1.52 bits per heavy atom. The van der Waals surface area contributed by atoms with Crippen molar-refractivity contribution < 1.29 is 14.0 Å². The summed E-state index contributed by atoms with van der Waals surface area (Å²) in [5.74, 6) is -0.453. The second-order valence-corrected chi connectivity index (χ2v) is 7.70. The van der Waals surface area contributed by atoms with E-state index in [-0.39, 0.29) is 24.2 Å². The predicted octanol–water partition coefficient (Wildman–Crippen LogP) is 3.45. The molecule has 2 aromatic rings. The summed E-state index contributed by atoms with van der Waals surface area (Å²) in [6, 6.07) is 10.5. The van der Waals surface area contributed by atoms with Crippen molar-refractivity contribution in [1.82, 2.24) is 4.90 Å². The van der Waals surface area contributed by atoms with Crippen molar-refractivity contribution in [2.75, 3.05) is 42.5 Å². The standard InChI is InChI=1S/C23H28FN3O2/c1-16-13-17(2)23(18(3)14-16)27(19(4)28)15-22(29)26-11-9-25(10-12-26)21-7-5-20(24)6-8-21/h5-8,13-14H,9-12,15H2,1-4H3. The summed E-state index contributed by atoms with van der Waals surface area (Å²) >= 11 is 0. The lowest BCUT2D eigenvalue weighted by atomic mass is 10.0. The number of anilines is 2. The van der Waals surface area contributed by atoms with Gasteiger partial charge < -0.3 is 14.7 Å². The molecule has 0 unspecified atom stereocenters. The molecule has 0 spiro atoms. The molecule has 29 heavy (non-hydrogen) atoms. The number of carbonyl (C=O) groups is 2. The number of rotatable bonds is 4. The Hall–Kier alpha value is -2.89. The van der Waals surface area contributed by atoms with Gasteiger partial charge in [-0.3, -0.25) is 9.59 Å². The van der Waals surface area contributed by atoms with Crippen LogP contribution in [-0.4, -0.2) is 49.4 Å². The zero-order valence-corrected chi connectivity index (χ0v) is 17.5. The molecule has 1 heterocycles. The van der Waals surface area contributed by atoms with E-state index in [0.29, 0.717) is 26.2 Å². The van der Waals surface area contributed by atoms with Crippen LogP contribution in [0, 0.1) is 26.6 Å². The lowest BCUT2D eigenvalue weighted by Gasteiger charge is -2.37. The Kier molecular flexibility index (Phi) is 6.20. The average molecular weight is 397 g/mol. The van der Waals surface area contributed by atoms with Gasteiger partial charge >= 0.3 is 0 Å². The first-order valence-corrected chi connectivity index (χ1v) is 9.90. The topological polar surface area (TPSA) is 43.9 Å². The number of amides is 2. The molecule has 0 aliphatic carbocycles. The van der Waals surface area contributed by atoms with Crippen LogP contribution in [0.5, 0.6) is 0 Å². The zero-order valence-electron chi connectivity index (χ0n) is 17.5. The van der Waals surface area contributed by atoms with Gasteiger partial charge in [0.1, 0.15) is 12.4 Å². The highest BCUT2D eigenvalue weighted by molar-refractivity contribution is 5.98. The van der Waals surface area contributed by atoms with Crippen LogP contribution in [-0.2, 0) is 9.59 Å². The van der Waals surface area contributed by atoms with Gasteiger partial charge in [0.2, 0.25) is 11.8 Å². The smallest absolute Gasteiger partial charge is 0.242 e. The van der Waals surface area contributed by atoms with Gasteiger partial charge in [0.15, 0.2) is 0 Å². The van der Waals surface area contributed by atoms with Gasteiger partial charge in [0, 0.05) is 38.8 Å². The summed E-state index contributed by atoms with van der Waals surface area (Å²) < 4.78 is 13.1. The van der Waals surface area contributed by atoms with Crippen molar-refractivity contribution in [3.8, 4) is 0 Å². The number of hydrogen-bond donors (Lipinski definition) is 0. The van der Waals surface area contributed by atoms with Gasteiger partial charge in [-0.2, -0.15) is 0 Å². The molecule has 0 saturated carbocycles. The number of nitrogens with zero attached hydrogens (tertiary/aromatic N) is 3. The van der Waals surface area contributed by atoms with Gasteiger partial charge in [0.05, 0.1) is 5.69 Å². The minimum atomic E-state index is -0.256. The normalized spacial score (nSPS) is 14.1. The van der Waals surface area contributed by atoms with E-state index < -0.39 is 0 Å². The van der Waals surface area contributed by atoms with Gasteiger partial charge in [-0.05, 0) is 56.2 Å². The van der Waals surface area contributed by atoms with E-state index >= 15 is 0 Å². The minimum Gasteiger partial charge on any atom is -0.368 e. The fourth-order valence-electron chi connectivity index (χ4n) is 4.05. The van der Waals surface area contributed by atoms with Gasteiger partial charge in [0.25, 0.3) is 0 Å². The molecule has 154 valence electrons. The molecule has 3 rings (SSSR count). The highest BCUT2D eigenvalue weighted by atomic mass is 19.1. The first-order valence-electron chi connectivity index (χ1n) is 9.90. The number of carbonyl (C=O) groups excluding carboxylic acids is 2. The molecule has 2 amide bonds. The van der Waals surface area contributed by atoms with E-state index in [0.717, 1.165) is 28.1 Å². The SMILES string of the molecule is CC(=O)N(CC(=O)N1CCN(c2ccc(F)cc2)CC1)c1c(C)cc(C)cc1C. The molecule has 0 atom stereocenters. The van der Waals surface area contributed by atoms with Crippen LogP contribution < -0.4 is 9.80 Å². The monoisotopic (exact) mass is 397 g/mol. The lowest BCUT2D eigenvalue weighted by Crippen LogP contribution is -2.52. The zero-order chi connectivity index (χ0) is 21.1. The molecule has 1 saturated heterocycles. The first-order chi connectivity index (χ1) is 13.8. The van der Waals surface area contributed by atoms with Gasteiger partial charge in [-0.15, -0.1) is 0 Å². The number of benzene rings is 2. The van der Waals surface area contributed by atoms with Crippen molar-refractivity contribution in [2.45, 2.75) is 27.7 Å². The molecular weight excluding hydrogens is 369 g/mol. The second kappa shape index (κ2) is 8.64. The summed E-state index contributed by atoms with van der Waals surface area (Å²) in [6.07, 6.45) is 0. The second-order valence-electron chi connectivity index (χ2n) is 7.70. The van der Waals surface area contributed by atoms with Crippen LogP contribution >= 0.6 is 0 Å². The van der Waals surface area contributed by atoms with Crippen LogP contribution in [0.25, 0.3) is 0 Å². The van der Waals surface area contributed by atoms with Crippen LogP contribution in [0.1, 0.15) is 23.6 Å². The summed E-state index contributed by atoms with van der Waals surface area (Å²) in [4.78, 5) is 30.8. The molecule has 0 radical (unpaired) electrons. The maximum absolute atomic E-state index is 13.1. The molecule has 2 aromatic carbocycles. The van der Waals surface area contributed by atoms with Crippen molar-refractivity contribution >= 4 is 23.2 Å². The number of aryl methyl sites for hydroxylation is 3. The lowest BCUT2D eigenvalue weighted by molar-refractivity contribution is -0.131. The van der Waals surface area contributed by atoms with Crippen molar-refractivity contribution in [2.24, 2.45) is 0 Å². The molecule has 0 N–H and O–H groups in total. The van der Waals surface area contributed by atoms with Crippen LogP contribution in [0.15, 0.2) is 36.4 Å². The van der Waals surface area contributed by atoms with Crippen LogP contribution in [0.4, 0.5) is 15.8 Å². The van der Waals surface area contributed by atoms with Gasteiger partial charge in [-0.25, -0.2) is 4.39 Å². The van der Waals surface area contributed by atoms with E-state index in [1.54, 1.807) is 21.9 Å². The Morgan fingerprint density at radius 3 is 2.03 bits per heavy atom. The quantitative estimate of drug-likeness (QED) is 0.794.